The van der Waals surface area contributed by atoms with Crippen LogP contribution in [0.2, 0.25) is 5.02 Å². The maximum Gasteiger partial charge on any atom is 0.329 e. The standard InChI is InChI=1S/C25H22ClNO2S/c26-19-5-3-6-20(15-19)27-25(23(28)29)11-9-24(10-12-25)21-7-2-1-4-17(21)14-22(24)18-8-13-30-16-18/h1-8,13-16,27H,9-12H2,(H,28,29). The Balaban J connectivity index is 1.51. The number of nitrogens with one attached hydrogen (secondary N) is 1. The smallest absolute Gasteiger partial charge is 0.329 e. The number of hydrogen-bond acceptors (Lipinski definition) is 3. The second-order valence-corrected chi connectivity index (χ2v) is 9.48. The number of hydrogen-bond donors (Lipinski definition) is 2. The average molecular weight is 436 g/mol. The highest BCUT2D eigenvalue weighted by molar-refractivity contribution is 7.08. The Morgan fingerprint density at radius 1 is 1.03 bits per heavy atom. The number of anilines is 1. The Labute approximate surface area is 185 Å². The Bertz CT molecular complexity index is 1130. The lowest BCUT2D eigenvalue weighted by Gasteiger charge is -2.45. The summed E-state index contributed by atoms with van der Waals surface area (Å²) in [6.45, 7) is 0. The highest BCUT2D eigenvalue weighted by Gasteiger charge is 2.51. The number of carboxylic acid groups (broad SMARTS) is 1. The summed E-state index contributed by atoms with van der Waals surface area (Å²) in [6.07, 6.45) is 4.96. The number of fused-ring (bicyclic) bond motifs is 2. The van der Waals surface area contributed by atoms with E-state index in [4.69, 9.17) is 11.6 Å². The van der Waals surface area contributed by atoms with Crippen LogP contribution in [0.15, 0.2) is 65.4 Å². The molecule has 1 spiro atoms. The minimum atomic E-state index is -0.993. The minimum absolute atomic E-state index is 0.132. The van der Waals surface area contributed by atoms with Crippen molar-refractivity contribution < 1.29 is 9.90 Å². The third kappa shape index (κ3) is 3.06. The van der Waals surface area contributed by atoms with Crippen molar-refractivity contribution in [3.63, 3.8) is 0 Å². The van der Waals surface area contributed by atoms with E-state index in [0.29, 0.717) is 17.9 Å². The lowest BCUT2D eigenvalue weighted by Crippen LogP contribution is -2.52. The van der Waals surface area contributed by atoms with Crippen LogP contribution in [0.1, 0.15) is 42.4 Å². The molecule has 1 heterocycles. The summed E-state index contributed by atoms with van der Waals surface area (Å²) in [5.74, 6) is -0.801. The van der Waals surface area contributed by atoms with Gasteiger partial charge in [-0.3, -0.25) is 0 Å². The van der Waals surface area contributed by atoms with Crippen molar-refractivity contribution in [3.05, 3.63) is 87.1 Å². The van der Waals surface area contributed by atoms with E-state index in [0.717, 1.165) is 18.5 Å². The Kier molecular flexibility index (Phi) is 4.72. The normalized spacial score (nSPS) is 25.0. The molecule has 0 bridgehead atoms. The van der Waals surface area contributed by atoms with Crippen LogP contribution in [-0.2, 0) is 10.2 Å². The van der Waals surface area contributed by atoms with E-state index in [2.05, 4.69) is 52.5 Å². The van der Waals surface area contributed by atoms with Gasteiger partial charge in [-0.1, -0.05) is 41.9 Å². The zero-order valence-corrected chi connectivity index (χ0v) is 18.0. The first-order valence-corrected chi connectivity index (χ1v) is 11.5. The van der Waals surface area contributed by atoms with Crippen LogP contribution in [0, 0.1) is 0 Å². The minimum Gasteiger partial charge on any atom is -0.480 e. The van der Waals surface area contributed by atoms with Crippen LogP contribution < -0.4 is 5.32 Å². The summed E-state index contributed by atoms with van der Waals surface area (Å²) in [5, 5.41) is 18.4. The number of rotatable bonds is 4. The van der Waals surface area contributed by atoms with Gasteiger partial charge in [0.05, 0.1) is 0 Å². The Morgan fingerprint density at radius 2 is 1.83 bits per heavy atom. The molecule has 1 saturated carbocycles. The first-order chi connectivity index (χ1) is 14.5. The fraction of sp³-hybridized carbons (Fsp3) is 0.240. The third-order valence-electron chi connectivity index (χ3n) is 6.70. The van der Waals surface area contributed by atoms with Gasteiger partial charge in [0.25, 0.3) is 0 Å². The van der Waals surface area contributed by atoms with Crippen LogP contribution in [-0.4, -0.2) is 16.6 Å². The van der Waals surface area contributed by atoms with E-state index in [1.54, 1.807) is 23.5 Å². The molecule has 0 unspecified atom stereocenters. The summed E-state index contributed by atoms with van der Waals surface area (Å²) < 4.78 is 0. The van der Waals surface area contributed by atoms with E-state index >= 15 is 0 Å². The SMILES string of the molecule is O=C(O)C1(Nc2cccc(Cl)c2)CCC2(CC1)C(c1ccsc1)=Cc1ccccc12. The van der Waals surface area contributed by atoms with Crippen molar-refractivity contribution in [2.45, 2.75) is 36.6 Å². The molecule has 1 fully saturated rings. The predicted molar refractivity (Wildman–Crippen MR) is 124 cm³/mol. The van der Waals surface area contributed by atoms with Crippen molar-refractivity contribution in [2.75, 3.05) is 5.32 Å². The molecule has 0 radical (unpaired) electrons. The first kappa shape index (κ1) is 19.4. The molecule has 30 heavy (non-hydrogen) atoms. The Hall–Kier alpha value is -2.56. The molecule has 5 heteroatoms. The monoisotopic (exact) mass is 435 g/mol. The summed E-state index contributed by atoms with van der Waals surface area (Å²) in [6, 6.07) is 18.0. The van der Waals surface area contributed by atoms with Crippen molar-refractivity contribution in [1.82, 2.24) is 0 Å². The number of benzene rings is 2. The number of aliphatic carboxylic acids is 1. The van der Waals surface area contributed by atoms with Crippen molar-refractivity contribution in [2.24, 2.45) is 0 Å². The molecule has 2 aliphatic rings. The van der Waals surface area contributed by atoms with Gasteiger partial charge in [0.2, 0.25) is 0 Å². The van der Waals surface area contributed by atoms with Crippen LogP contribution in [0.5, 0.6) is 0 Å². The maximum absolute atomic E-state index is 12.4. The fourth-order valence-electron chi connectivity index (χ4n) is 5.15. The third-order valence-corrected chi connectivity index (χ3v) is 7.62. The molecule has 2 N–H and O–H groups in total. The average Bonchev–Trinajstić information content (AvgIpc) is 3.37. The maximum atomic E-state index is 12.4. The number of halogens is 1. The van der Waals surface area contributed by atoms with Crippen LogP contribution in [0.25, 0.3) is 11.6 Å². The van der Waals surface area contributed by atoms with Gasteiger partial charge in [0.15, 0.2) is 0 Å². The van der Waals surface area contributed by atoms with Gasteiger partial charge in [-0.15, -0.1) is 0 Å². The van der Waals surface area contributed by atoms with Crippen molar-refractivity contribution >= 4 is 46.2 Å². The zero-order chi connectivity index (χ0) is 20.8. The molecular formula is C25H22ClNO2S. The van der Waals surface area contributed by atoms with Gasteiger partial charge in [-0.25, -0.2) is 4.79 Å². The van der Waals surface area contributed by atoms with Gasteiger partial charge in [-0.05, 0) is 89.0 Å². The van der Waals surface area contributed by atoms with Gasteiger partial charge < -0.3 is 10.4 Å². The van der Waals surface area contributed by atoms with Gasteiger partial charge in [-0.2, -0.15) is 11.3 Å². The first-order valence-electron chi connectivity index (χ1n) is 10.1. The molecule has 0 aliphatic heterocycles. The van der Waals surface area contributed by atoms with Crippen LogP contribution in [0.3, 0.4) is 0 Å². The van der Waals surface area contributed by atoms with E-state index in [1.807, 2.05) is 12.1 Å². The lowest BCUT2D eigenvalue weighted by atomic mass is 9.61. The number of allylic oxidation sites excluding steroid dienone is 1. The highest BCUT2D eigenvalue weighted by Crippen LogP contribution is 2.56. The molecule has 2 aromatic carbocycles. The van der Waals surface area contributed by atoms with Crippen LogP contribution in [0.4, 0.5) is 5.69 Å². The van der Waals surface area contributed by atoms with E-state index in [-0.39, 0.29) is 5.41 Å². The summed E-state index contributed by atoms with van der Waals surface area (Å²) in [4.78, 5) is 12.4. The van der Waals surface area contributed by atoms with E-state index < -0.39 is 11.5 Å². The molecular weight excluding hydrogens is 414 g/mol. The molecule has 0 saturated heterocycles. The van der Waals surface area contributed by atoms with Crippen molar-refractivity contribution in [3.8, 4) is 0 Å². The van der Waals surface area contributed by atoms with E-state index in [9.17, 15) is 9.90 Å². The zero-order valence-electron chi connectivity index (χ0n) is 16.4. The summed E-state index contributed by atoms with van der Waals surface area (Å²) in [7, 11) is 0. The summed E-state index contributed by atoms with van der Waals surface area (Å²) in [5.41, 5.74) is 4.78. The lowest BCUT2D eigenvalue weighted by molar-refractivity contribution is -0.143. The quantitative estimate of drug-likeness (QED) is 0.479. The second-order valence-electron chi connectivity index (χ2n) is 8.26. The summed E-state index contributed by atoms with van der Waals surface area (Å²) >= 11 is 7.82. The van der Waals surface area contributed by atoms with Crippen molar-refractivity contribution in [1.29, 1.82) is 0 Å². The fourth-order valence-corrected chi connectivity index (χ4v) is 6.00. The predicted octanol–water partition coefficient (Wildman–Crippen LogP) is 6.70. The van der Waals surface area contributed by atoms with Gasteiger partial charge in [0.1, 0.15) is 5.54 Å². The van der Waals surface area contributed by atoms with E-state index in [1.165, 1.54) is 22.3 Å². The number of carboxylic acids is 1. The Morgan fingerprint density at radius 3 is 2.53 bits per heavy atom. The topological polar surface area (TPSA) is 49.3 Å². The largest absolute Gasteiger partial charge is 0.480 e. The molecule has 0 amide bonds. The molecule has 0 atom stereocenters. The molecule has 3 nitrogen and oxygen atoms in total. The van der Waals surface area contributed by atoms with Gasteiger partial charge in [0, 0.05) is 16.1 Å². The number of thiophene rings is 1. The number of carbonyl (C=O) groups is 1. The van der Waals surface area contributed by atoms with Gasteiger partial charge >= 0.3 is 5.97 Å². The molecule has 1 aromatic heterocycles. The molecule has 2 aliphatic carbocycles. The van der Waals surface area contributed by atoms with Crippen LogP contribution >= 0.6 is 22.9 Å². The molecule has 152 valence electrons. The highest BCUT2D eigenvalue weighted by atomic mass is 35.5. The second kappa shape index (κ2) is 7.29. The molecule has 5 rings (SSSR count). The molecule has 3 aromatic rings.